The van der Waals surface area contributed by atoms with Crippen molar-refractivity contribution in [1.82, 2.24) is 10.6 Å². The molecule has 0 radical (unpaired) electrons. The lowest BCUT2D eigenvalue weighted by molar-refractivity contribution is -0.110. The summed E-state index contributed by atoms with van der Waals surface area (Å²) < 4.78 is 14.0. The summed E-state index contributed by atoms with van der Waals surface area (Å²) in [6, 6.07) is 0. The SMILES string of the molecule is CCCC(F)(CCNCC)CNC=O. The molecule has 84 valence electrons. The van der Waals surface area contributed by atoms with Crippen LogP contribution in [0.2, 0.25) is 0 Å². The lowest BCUT2D eigenvalue weighted by Gasteiger charge is -2.24. The molecular formula is C10H21FN2O. The normalized spacial score (nSPS) is 14.8. The Morgan fingerprint density at radius 2 is 2.07 bits per heavy atom. The lowest BCUT2D eigenvalue weighted by atomic mass is 9.96. The summed E-state index contributed by atoms with van der Waals surface area (Å²) >= 11 is 0. The second kappa shape index (κ2) is 7.74. The van der Waals surface area contributed by atoms with Crippen LogP contribution in [0.3, 0.4) is 0 Å². The first-order valence-electron chi connectivity index (χ1n) is 5.25. The molecule has 0 fully saturated rings. The number of halogens is 1. The summed E-state index contributed by atoms with van der Waals surface area (Å²) in [4.78, 5) is 10.1. The molecule has 3 nitrogen and oxygen atoms in total. The monoisotopic (exact) mass is 204 g/mol. The molecule has 0 spiro atoms. The highest BCUT2D eigenvalue weighted by atomic mass is 19.1. The van der Waals surface area contributed by atoms with E-state index in [2.05, 4.69) is 10.6 Å². The fourth-order valence-electron chi connectivity index (χ4n) is 1.46. The molecule has 14 heavy (non-hydrogen) atoms. The summed E-state index contributed by atoms with van der Waals surface area (Å²) in [6.45, 7) is 5.57. The largest absolute Gasteiger partial charge is 0.355 e. The summed E-state index contributed by atoms with van der Waals surface area (Å²) in [5, 5.41) is 5.50. The zero-order valence-corrected chi connectivity index (χ0v) is 9.11. The molecule has 0 aromatic heterocycles. The van der Waals surface area contributed by atoms with Crippen molar-refractivity contribution in [3.8, 4) is 0 Å². The number of nitrogens with one attached hydrogen (secondary N) is 2. The number of alkyl halides is 1. The van der Waals surface area contributed by atoms with E-state index in [9.17, 15) is 9.18 Å². The van der Waals surface area contributed by atoms with Gasteiger partial charge in [-0.15, -0.1) is 0 Å². The van der Waals surface area contributed by atoms with Gasteiger partial charge in [0.2, 0.25) is 6.41 Å². The predicted molar refractivity (Wildman–Crippen MR) is 56.0 cm³/mol. The Labute approximate surface area is 85.5 Å². The molecule has 0 aliphatic heterocycles. The van der Waals surface area contributed by atoms with E-state index in [0.29, 0.717) is 25.8 Å². The molecule has 0 aromatic rings. The Morgan fingerprint density at radius 3 is 2.57 bits per heavy atom. The third-order valence-electron chi connectivity index (χ3n) is 2.20. The number of carbonyl (C=O) groups is 1. The maximum atomic E-state index is 14.0. The third kappa shape index (κ3) is 5.91. The van der Waals surface area contributed by atoms with Crippen molar-refractivity contribution in [3.63, 3.8) is 0 Å². The lowest BCUT2D eigenvalue weighted by Crippen LogP contribution is -2.38. The molecule has 2 N–H and O–H groups in total. The molecule has 0 heterocycles. The van der Waals surface area contributed by atoms with E-state index in [-0.39, 0.29) is 6.54 Å². The van der Waals surface area contributed by atoms with Gasteiger partial charge in [0.05, 0.1) is 6.54 Å². The van der Waals surface area contributed by atoms with E-state index in [0.717, 1.165) is 13.0 Å². The second-order valence-corrected chi connectivity index (χ2v) is 3.50. The van der Waals surface area contributed by atoms with Crippen molar-refractivity contribution in [3.05, 3.63) is 0 Å². The molecule has 0 rings (SSSR count). The van der Waals surface area contributed by atoms with Crippen LogP contribution < -0.4 is 10.6 Å². The molecule has 4 heteroatoms. The smallest absolute Gasteiger partial charge is 0.207 e. The molecule has 0 saturated heterocycles. The molecule has 0 aliphatic rings. The molecule has 0 aliphatic carbocycles. The van der Waals surface area contributed by atoms with Crippen LogP contribution in [0.15, 0.2) is 0 Å². The number of rotatable bonds is 9. The van der Waals surface area contributed by atoms with Crippen molar-refractivity contribution >= 4 is 6.41 Å². The topological polar surface area (TPSA) is 41.1 Å². The zero-order valence-electron chi connectivity index (χ0n) is 9.11. The van der Waals surface area contributed by atoms with Crippen LogP contribution in [0.1, 0.15) is 33.1 Å². The Kier molecular flexibility index (Phi) is 7.38. The highest BCUT2D eigenvalue weighted by molar-refractivity contribution is 5.46. The van der Waals surface area contributed by atoms with Gasteiger partial charge in [0, 0.05) is 0 Å². The third-order valence-corrected chi connectivity index (χ3v) is 2.20. The first-order chi connectivity index (χ1) is 6.68. The number of carbonyl (C=O) groups excluding carboxylic acids is 1. The van der Waals surface area contributed by atoms with Crippen molar-refractivity contribution in [2.45, 2.75) is 38.8 Å². The van der Waals surface area contributed by atoms with E-state index in [1.807, 2.05) is 13.8 Å². The maximum Gasteiger partial charge on any atom is 0.207 e. The van der Waals surface area contributed by atoms with Crippen molar-refractivity contribution in [2.24, 2.45) is 0 Å². The van der Waals surface area contributed by atoms with Gasteiger partial charge in [-0.2, -0.15) is 0 Å². The summed E-state index contributed by atoms with van der Waals surface area (Å²) in [5.41, 5.74) is -1.25. The Morgan fingerprint density at radius 1 is 1.36 bits per heavy atom. The first-order valence-corrected chi connectivity index (χ1v) is 5.25. The van der Waals surface area contributed by atoms with Gasteiger partial charge in [-0.05, 0) is 25.9 Å². The van der Waals surface area contributed by atoms with Gasteiger partial charge in [-0.3, -0.25) is 4.79 Å². The van der Waals surface area contributed by atoms with Crippen LogP contribution in [0.5, 0.6) is 0 Å². The molecular weight excluding hydrogens is 183 g/mol. The molecule has 1 amide bonds. The molecule has 1 unspecified atom stereocenters. The van der Waals surface area contributed by atoms with Crippen molar-refractivity contribution in [1.29, 1.82) is 0 Å². The molecule has 0 saturated carbocycles. The van der Waals surface area contributed by atoms with Crippen LogP contribution in [-0.2, 0) is 4.79 Å². The van der Waals surface area contributed by atoms with Gasteiger partial charge >= 0.3 is 0 Å². The minimum atomic E-state index is -1.25. The minimum absolute atomic E-state index is 0.121. The van der Waals surface area contributed by atoms with Crippen LogP contribution in [0.4, 0.5) is 4.39 Å². The highest BCUT2D eigenvalue weighted by Gasteiger charge is 2.27. The summed E-state index contributed by atoms with van der Waals surface area (Å²) in [5.74, 6) is 0. The maximum absolute atomic E-state index is 14.0. The van der Waals surface area contributed by atoms with Gasteiger partial charge in [0.15, 0.2) is 0 Å². The van der Waals surface area contributed by atoms with Gasteiger partial charge in [-0.1, -0.05) is 20.3 Å². The van der Waals surface area contributed by atoms with E-state index in [1.165, 1.54) is 0 Å². The average molecular weight is 204 g/mol. The fraction of sp³-hybridized carbons (Fsp3) is 0.900. The predicted octanol–water partition coefficient (Wildman–Crippen LogP) is 1.24. The summed E-state index contributed by atoms with van der Waals surface area (Å²) in [6.07, 6.45) is 2.30. The Bertz CT molecular complexity index is 155. The first kappa shape index (κ1) is 13.4. The molecule has 0 aromatic carbocycles. The number of hydrogen-bond acceptors (Lipinski definition) is 2. The van der Waals surface area contributed by atoms with Gasteiger partial charge in [0.1, 0.15) is 5.67 Å². The van der Waals surface area contributed by atoms with Crippen molar-refractivity contribution in [2.75, 3.05) is 19.6 Å². The second-order valence-electron chi connectivity index (χ2n) is 3.50. The van der Waals surface area contributed by atoms with Crippen LogP contribution in [0.25, 0.3) is 0 Å². The van der Waals surface area contributed by atoms with Gasteiger partial charge in [0.25, 0.3) is 0 Å². The van der Waals surface area contributed by atoms with E-state index in [1.54, 1.807) is 0 Å². The Balaban J connectivity index is 3.88. The minimum Gasteiger partial charge on any atom is -0.355 e. The average Bonchev–Trinajstić information content (AvgIpc) is 2.16. The van der Waals surface area contributed by atoms with E-state index >= 15 is 0 Å². The van der Waals surface area contributed by atoms with Crippen LogP contribution in [0, 0.1) is 0 Å². The fourth-order valence-corrected chi connectivity index (χ4v) is 1.46. The van der Waals surface area contributed by atoms with Gasteiger partial charge < -0.3 is 10.6 Å². The van der Waals surface area contributed by atoms with E-state index in [4.69, 9.17) is 0 Å². The number of amides is 1. The summed E-state index contributed by atoms with van der Waals surface area (Å²) in [7, 11) is 0. The highest BCUT2D eigenvalue weighted by Crippen LogP contribution is 2.21. The Hall–Kier alpha value is -0.640. The van der Waals surface area contributed by atoms with E-state index < -0.39 is 5.67 Å². The standard InChI is InChI=1S/C10H21FN2O/c1-3-5-10(11,8-13-9-14)6-7-12-4-2/h9,12H,3-8H2,1-2H3,(H,13,14). The number of hydrogen-bond donors (Lipinski definition) is 2. The zero-order chi connectivity index (χ0) is 10.9. The molecule has 0 bridgehead atoms. The molecule has 1 atom stereocenters. The van der Waals surface area contributed by atoms with Crippen LogP contribution in [-0.4, -0.2) is 31.7 Å². The van der Waals surface area contributed by atoms with Crippen molar-refractivity contribution < 1.29 is 9.18 Å². The van der Waals surface area contributed by atoms with Crippen LogP contribution >= 0.6 is 0 Å². The quantitative estimate of drug-likeness (QED) is 0.438. The van der Waals surface area contributed by atoms with Gasteiger partial charge in [-0.25, -0.2) is 4.39 Å².